The van der Waals surface area contributed by atoms with Crippen LogP contribution in [0.4, 0.5) is 0 Å². The van der Waals surface area contributed by atoms with E-state index in [1.807, 2.05) is 36.4 Å². The van der Waals surface area contributed by atoms with Gasteiger partial charge in [-0.25, -0.2) is 15.0 Å². The number of hydrogen-bond acceptors (Lipinski definition) is 6. The molecule has 0 aliphatic heterocycles. The number of nitrogens with zero attached hydrogens (tertiary/aromatic N) is 3. The number of hydrogen-bond donors (Lipinski definition) is 2. The number of ether oxygens (including phenoxy) is 2. The molecule has 0 unspecified atom stereocenters. The number of aliphatic imine (C=N–C) groups is 1. The molecule has 32 heavy (non-hydrogen) atoms. The van der Waals surface area contributed by atoms with Crippen molar-refractivity contribution in [2.45, 2.75) is 33.7 Å². The Labute approximate surface area is 210 Å². The van der Waals surface area contributed by atoms with Gasteiger partial charge < -0.3 is 20.1 Å². The van der Waals surface area contributed by atoms with E-state index in [4.69, 9.17) is 9.47 Å². The molecule has 9 heteroatoms. The van der Waals surface area contributed by atoms with Crippen molar-refractivity contribution in [1.82, 2.24) is 20.6 Å². The lowest BCUT2D eigenvalue weighted by Crippen LogP contribution is -2.38. The van der Waals surface area contributed by atoms with E-state index in [0.29, 0.717) is 18.2 Å². The molecule has 0 saturated heterocycles. The zero-order valence-electron chi connectivity index (χ0n) is 18.8. The van der Waals surface area contributed by atoms with Crippen LogP contribution in [-0.4, -0.2) is 36.1 Å². The molecule has 2 aromatic heterocycles. The van der Waals surface area contributed by atoms with Crippen LogP contribution in [0.25, 0.3) is 0 Å². The average Bonchev–Trinajstić information content (AvgIpc) is 3.10. The SMILES string of the molecule is CCNC(=NCc1ccc(Oc2cccc(OC)c2)nc1)NCCc1nc(C)c(C)s1.I. The van der Waals surface area contributed by atoms with Crippen LogP contribution in [0.5, 0.6) is 17.4 Å². The molecule has 0 fully saturated rings. The van der Waals surface area contributed by atoms with Gasteiger partial charge >= 0.3 is 0 Å². The first-order valence-electron chi connectivity index (χ1n) is 10.3. The maximum Gasteiger partial charge on any atom is 0.219 e. The number of thiazole rings is 1. The molecule has 2 N–H and O–H groups in total. The topological polar surface area (TPSA) is 80.7 Å². The van der Waals surface area contributed by atoms with Crippen molar-refractivity contribution in [3.05, 3.63) is 63.7 Å². The fourth-order valence-corrected chi connectivity index (χ4v) is 3.73. The summed E-state index contributed by atoms with van der Waals surface area (Å²) in [5.41, 5.74) is 2.12. The Hall–Kier alpha value is -2.40. The highest BCUT2D eigenvalue weighted by molar-refractivity contribution is 14.0. The van der Waals surface area contributed by atoms with Gasteiger partial charge in [0.2, 0.25) is 5.88 Å². The minimum absolute atomic E-state index is 0. The first-order chi connectivity index (χ1) is 15.1. The molecular weight excluding hydrogens is 537 g/mol. The summed E-state index contributed by atoms with van der Waals surface area (Å²) in [6.07, 6.45) is 2.66. The van der Waals surface area contributed by atoms with Crippen LogP contribution in [0.1, 0.15) is 28.1 Å². The van der Waals surface area contributed by atoms with Crippen molar-refractivity contribution in [3.8, 4) is 17.4 Å². The van der Waals surface area contributed by atoms with Crippen LogP contribution in [-0.2, 0) is 13.0 Å². The van der Waals surface area contributed by atoms with E-state index in [-0.39, 0.29) is 24.0 Å². The highest BCUT2D eigenvalue weighted by Gasteiger charge is 2.05. The lowest BCUT2D eigenvalue weighted by Gasteiger charge is -2.11. The number of aryl methyl sites for hydroxylation is 2. The predicted octanol–water partition coefficient (Wildman–Crippen LogP) is 4.87. The molecular formula is C23H30IN5O2S. The van der Waals surface area contributed by atoms with E-state index >= 15 is 0 Å². The predicted molar refractivity (Wildman–Crippen MR) is 141 cm³/mol. The number of rotatable bonds is 9. The van der Waals surface area contributed by atoms with Gasteiger partial charge in [0.25, 0.3) is 0 Å². The Morgan fingerprint density at radius 3 is 2.59 bits per heavy atom. The maximum absolute atomic E-state index is 5.79. The minimum Gasteiger partial charge on any atom is -0.497 e. The number of benzene rings is 1. The fourth-order valence-electron chi connectivity index (χ4n) is 2.80. The molecule has 2 heterocycles. The van der Waals surface area contributed by atoms with Gasteiger partial charge in [-0.15, -0.1) is 35.3 Å². The van der Waals surface area contributed by atoms with Gasteiger partial charge in [0, 0.05) is 42.7 Å². The molecule has 0 saturated carbocycles. The summed E-state index contributed by atoms with van der Waals surface area (Å²) in [6.45, 7) is 8.32. The second-order valence-electron chi connectivity index (χ2n) is 6.91. The molecule has 0 spiro atoms. The van der Waals surface area contributed by atoms with Crippen molar-refractivity contribution in [2.75, 3.05) is 20.2 Å². The number of pyridine rings is 1. The van der Waals surface area contributed by atoms with Crippen molar-refractivity contribution < 1.29 is 9.47 Å². The number of halogens is 1. The van der Waals surface area contributed by atoms with Crippen LogP contribution in [0, 0.1) is 13.8 Å². The largest absolute Gasteiger partial charge is 0.497 e. The van der Waals surface area contributed by atoms with E-state index in [1.54, 1.807) is 24.6 Å². The van der Waals surface area contributed by atoms with Crippen LogP contribution in [0.3, 0.4) is 0 Å². The Kier molecular flexibility index (Phi) is 10.7. The van der Waals surface area contributed by atoms with Crippen molar-refractivity contribution in [3.63, 3.8) is 0 Å². The Morgan fingerprint density at radius 1 is 1.12 bits per heavy atom. The fraction of sp³-hybridized carbons (Fsp3) is 0.348. The first-order valence-corrected chi connectivity index (χ1v) is 11.1. The van der Waals surface area contributed by atoms with Crippen LogP contribution < -0.4 is 20.1 Å². The molecule has 0 aliphatic carbocycles. The van der Waals surface area contributed by atoms with Gasteiger partial charge in [0.1, 0.15) is 11.5 Å². The first kappa shape index (κ1) is 25.9. The maximum atomic E-state index is 5.79. The van der Waals surface area contributed by atoms with Gasteiger partial charge in [-0.2, -0.15) is 0 Å². The van der Waals surface area contributed by atoms with E-state index < -0.39 is 0 Å². The molecule has 0 radical (unpaired) electrons. The highest BCUT2D eigenvalue weighted by atomic mass is 127. The number of nitrogens with one attached hydrogen (secondary N) is 2. The second kappa shape index (κ2) is 13.2. The van der Waals surface area contributed by atoms with Gasteiger partial charge in [-0.05, 0) is 38.5 Å². The lowest BCUT2D eigenvalue weighted by molar-refractivity contribution is 0.407. The summed E-state index contributed by atoms with van der Waals surface area (Å²) in [5, 5.41) is 7.79. The Morgan fingerprint density at radius 2 is 1.94 bits per heavy atom. The smallest absolute Gasteiger partial charge is 0.219 e. The van der Waals surface area contributed by atoms with E-state index in [2.05, 4.69) is 46.4 Å². The van der Waals surface area contributed by atoms with Gasteiger partial charge in [-0.3, -0.25) is 0 Å². The molecule has 1 aromatic carbocycles. The summed E-state index contributed by atoms with van der Waals surface area (Å²) >= 11 is 1.75. The zero-order valence-corrected chi connectivity index (χ0v) is 22.0. The van der Waals surface area contributed by atoms with Crippen LogP contribution in [0.15, 0.2) is 47.6 Å². The molecule has 0 bridgehead atoms. The van der Waals surface area contributed by atoms with E-state index in [0.717, 1.165) is 47.5 Å². The zero-order chi connectivity index (χ0) is 22.1. The summed E-state index contributed by atoms with van der Waals surface area (Å²) < 4.78 is 11.0. The highest BCUT2D eigenvalue weighted by Crippen LogP contribution is 2.23. The minimum atomic E-state index is 0. The summed E-state index contributed by atoms with van der Waals surface area (Å²) in [4.78, 5) is 14.9. The lowest BCUT2D eigenvalue weighted by atomic mass is 10.3. The molecule has 7 nitrogen and oxygen atoms in total. The third kappa shape index (κ3) is 7.94. The van der Waals surface area contributed by atoms with E-state index in [1.165, 1.54) is 4.88 Å². The van der Waals surface area contributed by atoms with Gasteiger partial charge in [0.05, 0.1) is 24.4 Å². The number of guanidine groups is 1. The number of methoxy groups -OCH3 is 1. The monoisotopic (exact) mass is 567 g/mol. The third-order valence-corrected chi connectivity index (χ3v) is 5.66. The second-order valence-corrected chi connectivity index (χ2v) is 8.19. The van der Waals surface area contributed by atoms with Crippen molar-refractivity contribution in [1.29, 1.82) is 0 Å². The summed E-state index contributed by atoms with van der Waals surface area (Å²) in [5.74, 6) is 2.73. The van der Waals surface area contributed by atoms with Crippen molar-refractivity contribution >= 4 is 41.3 Å². The van der Waals surface area contributed by atoms with Crippen molar-refractivity contribution in [2.24, 2.45) is 4.99 Å². The molecule has 3 rings (SSSR count). The van der Waals surface area contributed by atoms with E-state index in [9.17, 15) is 0 Å². The molecule has 3 aromatic rings. The van der Waals surface area contributed by atoms with Gasteiger partial charge in [0.15, 0.2) is 5.96 Å². The standard InChI is InChI=1S/C23H29N5O2S.HI/c1-5-24-23(25-12-11-22-28-16(2)17(3)31-22)27-15-18-9-10-21(26-14-18)30-20-8-6-7-19(13-20)29-4;/h6-10,13-14H,5,11-12,15H2,1-4H3,(H2,24,25,27);1H. The molecule has 172 valence electrons. The molecule has 0 amide bonds. The third-order valence-electron chi connectivity index (χ3n) is 4.53. The van der Waals surface area contributed by atoms with Crippen LogP contribution >= 0.6 is 35.3 Å². The normalized spacial score (nSPS) is 10.9. The Bertz CT molecular complexity index is 988. The average molecular weight is 567 g/mol. The summed E-state index contributed by atoms with van der Waals surface area (Å²) in [7, 11) is 1.63. The number of aromatic nitrogens is 2. The van der Waals surface area contributed by atoms with Crippen LogP contribution in [0.2, 0.25) is 0 Å². The van der Waals surface area contributed by atoms with Gasteiger partial charge in [-0.1, -0.05) is 12.1 Å². The Balaban J connectivity index is 0.00000363. The quantitative estimate of drug-likeness (QED) is 0.218. The molecule has 0 aliphatic rings. The molecule has 0 atom stereocenters. The summed E-state index contributed by atoms with van der Waals surface area (Å²) in [6, 6.07) is 11.3.